The van der Waals surface area contributed by atoms with E-state index in [1.54, 1.807) is 0 Å². The molecule has 3 aromatic rings. The Labute approximate surface area is 214 Å². The Bertz CT molecular complexity index is 1500. The molecular formula is C22H23BrFN2O8PS. The Morgan fingerprint density at radius 2 is 1.78 bits per heavy atom. The first-order valence-electron chi connectivity index (χ1n) is 10.3. The highest BCUT2D eigenvalue weighted by Gasteiger charge is 2.29. The Morgan fingerprint density at radius 3 is 2.39 bits per heavy atom. The average molecular weight is 605 g/mol. The van der Waals surface area contributed by atoms with Crippen molar-refractivity contribution in [2.75, 3.05) is 12.9 Å². The number of aromatic nitrogens is 2. The molecule has 14 heteroatoms. The van der Waals surface area contributed by atoms with Crippen molar-refractivity contribution in [3.63, 3.8) is 0 Å². The molecule has 3 rings (SSSR count). The predicted octanol–water partition coefficient (Wildman–Crippen LogP) is 4.07. The molecule has 0 bridgehead atoms. The van der Waals surface area contributed by atoms with Gasteiger partial charge in [-0.3, -0.25) is 9.32 Å². The highest BCUT2D eigenvalue weighted by atomic mass is 79.9. The zero-order valence-corrected chi connectivity index (χ0v) is 22.7. The van der Waals surface area contributed by atoms with Gasteiger partial charge in [-0.05, 0) is 65.2 Å². The zero-order valence-electron chi connectivity index (χ0n) is 19.4. The second-order valence-corrected chi connectivity index (χ2v) is 12.5. The van der Waals surface area contributed by atoms with Crippen LogP contribution in [0.15, 0.2) is 56.8 Å². The van der Waals surface area contributed by atoms with Crippen LogP contribution in [0.25, 0.3) is 22.3 Å². The van der Waals surface area contributed by atoms with E-state index in [0.29, 0.717) is 11.1 Å². The molecule has 2 aromatic carbocycles. The van der Waals surface area contributed by atoms with Crippen molar-refractivity contribution >= 4 is 33.6 Å². The minimum atomic E-state index is -4.74. The van der Waals surface area contributed by atoms with E-state index in [4.69, 9.17) is 19.0 Å². The van der Waals surface area contributed by atoms with Crippen molar-refractivity contribution in [2.24, 2.45) is 0 Å². The van der Waals surface area contributed by atoms with Gasteiger partial charge in [-0.25, -0.2) is 22.5 Å². The molecule has 0 spiro atoms. The number of phosphoric ester groups is 1. The van der Waals surface area contributed by atoms with E-state index < -0.39 is 34.6 Å². The van der Waals surface area contributed by atoms with Crippen LogP contribution in [0.1, 0.15) is 20.3 Å². The number of benzene rings is 2. The molecule has 0 atom stereocenters. The minimum absolute atomic E-state index is 0.00126. The number of hydrogen-bond acceptors (Lipinski definition) is 7. The van der Waals surface area contributed by atoms with Crippen molar-refractivity contribution in [2.45, 2.75) is 30.8 Å². The molecule has 36 heavy (non-hydrogen) atoms. The van der Waals surface area contributed by atoms with Crippen molar-refractivity contribution in [1.82, 2.24) is 10.2 Å². The van der Waals surface area contributed by atoms with Crippen molar-refractivity contribution in [3.8, 4) is 28.0 Å². The summed E-state index contributed by atoms with van der Waals surface area (Å²) in [6.45, 7) is 2.79. The molecule has 3 N–H and O–H groups in total. The van der Waals surface area contributed by atoms with Crippen molar-refractivity contribution in [1.29, 1.82) is 0 Å². The third-order valence-electron chi connectivity index (χ3n) is 5.05. The minimum Gasteiger partial charge on any atom is -0.487 e. The van der Waals surface area contributed by atoms with E-state index in [9.17, 15) is 22.2 Å². The highest BCUT2D eigenvalue weighted by molar-refractivity contribution is 9.10. The third kappa shape index (κ3) is 7.09. The van der Waals surface area contributed by atoms with Crippen LogP contribution in [0.3, 0.4) is 0 Å². The van der Waals surface area contributed by atoms with Crippen LogP contribution >= 0.6 is 23.8 Å². The fourth-order valence-electron chi connectivity index (χ4n) is 3.41. The lowest BCUT2D eigenvalue weighted by Gasteiger charge is -2.25. The lowest BCUT2D eigenvalue weighted by Crippen LogP contribution is -2.26. The summed E-state index contributed by atoms with van der Waals surface area (Å²) in [6.07, 6.45) is 2.41. The number of H-pyrrole nitrogens is 1. The standard InChI is InChI=1S/C22H23BrFN2O8PS/c1-22(2,34-35(28,29)30)8-9-33-20-16(12-25-26-21(20)27)13-5-7-19(36(3,31)32)15(10-13)14-4-6-18(24)17(23)11-14/h4-7,10-12H,8-9H2,1-3H3,(H,26,27)(H2,28,29,30). The Kier molecular flexibility index (Phi) is 8.23. The number of sulfone groups is 1. The summed E-state index contributed by atoms with van der Waals surface area (Å²) in [6, 6.07) is 8.47. The van der Waals surface area contributed by atoms with Gasteiger partial charge in [-0.1, -0.05) is 12.1 Å². The molecule has 0 saturated heterocycles. The molecule has 0 unspecified atom stereocenters. The van der Waals surface area contributed by atoms with Gasteiger partial charge in [0.15, 0.2) is 15.6 Å². The SMILES string of the molecule is CC(C)(CCOc1c(-c2ccc(S(C)(=O)=O)c(-c3ccc(F)c(Br)c3)c2)cn[nH]c1=O)OP(=O)(O)O. The van der Waals surface area contributed by atoms with E-state index in [-0.39, 0.29) is 39.3 Å². The van der Waals surface area contributed by atoms with Gasteiger partial charge in [0.2, 0.25) is 0 Å². The van der Waals surface area contributed by atoms with Crippen LogP contribution < -0.4 is 10.3 Å². The predicted molar refractivity (Wildman–Crippen MR) is 134 cm³/mol. The summed E-state index contributed by atoms with van der Waals surface area (Å²) in [4.78, 5) is 30.6. The first kappa shape index (κ1) is 28.2. The molecule has 1 aromatic heterocycles. The molecule has 194 valence electrons. The van der Waals surface area contributed by atoms with E-state index >= 15 is 0 Å². The maximum Gasteiger partial charge on any atom is 0.470 e. The van der Waals surface area contributed by atoms with Crippen LogP contribution in [0.2, 0.25) is 0 Å². The van der Waals surface area contributed by atoms with Crippen molar-refractivity contribution in [3.05, 3.63) is 63.2 Å². The van der Waals surface area contributed by atoms with Crippen LogP contribution in [-0.4, -0.2) is 46.9 Å². The zero-order chi connectivity index (χ0) is 26.9. The van der Waals surface area contributed by atoms with E-state index in [0.717, 1.165) is 6.26 Å². The molecule has 10 nitrogen and oxygen atoms in total. The third-order valence-corrected chi connectivity index (χ3v) is 7.54. The molecule has 0 aliphatic rings. The lowest BCUT2D eigenvalue weighted by molar-refractivity contribution is 0.0461. The Balaban J connectivity index is 2.04. The molecule has 0 aliphatic heterocycles. The van der Waals surface area contributed by atoms with Gasteiger partial charge in [0.25, 0.3) is 0 Å². The molecule has 0 aliphatic carbocycles. The molecule has 1 heterocycles. The summed E-state index contributed by atoms with van der Waals surface area (Å²) in [5.41, 5.74) is -0.578. The van der Waals surface area contributed by atoms with Crippen LogP contribution in [0.5, 0.6) is 5.75 Å². The maximum absolute atomic E-state index is 13.8. The number of nitrogens with zero attached hydrogens (tertiary/aromatic N) is 1. The maximum atomic E-state index is 13.8. The average Bonchev–Trinajstić information content (AvgIpc) is 2.74. The Hall–Kier alpha value is -2.41. The number of rotatable bonds is 9. The topological polar surface area (TPSA) is 156 Å². The molecule has 0 fully saturated rings. The summed E-state index contributed by atoms with van der Waals surface area (Å²) in [5.74, 6) is -0.647. The second kappa shape index (κ2) is 10.5. The van der Waals surface area contributed by atoms with Gasteiger partial charge in [-0.2, -0.15) is 5.10 Å². The quantitative estimate of drug-likeness (QED) is 0.306. The number of hydrogen-bond donors (Lipinski definition) is 3. The second-order valence-electron chi connectivity index (χ2n) is 8.49. The summed E-state index contributed by atoms with van der Waals surface area (Å²) >= 11 is 3.11. The monoisotopic (exact) mass is 604 g/mol. The first-order valence-corrected chi connectivity index (χ1v) is 14.6. The number of ether oxygens (including phenoxy) is 1. The fraction of sp³-hybridized carbons (Fsp3) is 0.273. The van der Waals surface area contributed by atoms with Crippen LogP contribution in [-0.2, 0) is 18.9 Å². The number of nitrogens with one attached hydrogen (secondary N) is 1. The van der Waals surface area contributed by atoms with Gasteiger partial charge in [0, 0.05) is 23.8 Å². The number of aromatic amines is 1. The van der Waals surface area contributed by atoms with Gasteiger partial charge >= 0.3 is 13.4 Å². The number of phosphoric acid groups is 1. The summed E-state index contributed by atoms with van der Waals surface area (Å²) in [7, 11) is -8.40. The summed E-state index contributed by atoms with van der Waals surface area (Å²) < 4.78 is 60.4. The molecular weight excluding hydrogens is 582 g/mol. The van der Waals surface area contributed by atoms with Crippen LogP contribution in [0.4, 0.5) is 4.39 Å². The van der Waals surface area contributed by atoms with Crippen LogP contribution in [0, 0.1) is 5.82 Å². The molecule has 0 radical (unpaired) electrons. The van der Waals surface area contributed by atoms with Gasteiger partial charge in [0.05, 0.1) is 27.8 Å². The first-order chi connectivity index (χ1) is 16.6. The Morgan fingerprint density at radius 1 is 1.14 bits per heavy atom. The molecule has 0 saturated carbocycles. The van der Waals surface area contributed by atoms with Gasteiger partial charge in [-0.15, -0.1) is 0 Å². The largest absolute Gasteiger partial charge is 0.487 e. The van der Waals surface area contributed by atoms with Gasteiger partial charge in [0.1, 0.15) is 5.82 Å². The smallest absolute Gasteiger partial charge is 0.470 e. The van der Waals surface area contributed by atoms with E-state index in [2.05, 4.69) is 26.1 Å². The highest BCUT2D eigenvalue weighted by Crippen LogP contribution is 2.42. The normalized spacial score (nSPS) is 12.5. The van der Waals surface area contributed by atoms with E-state index in [1.807, 2.05) is 0 Å². The van der Waals surface area contributed by atoms with E-state index in [1.165, 1.54) is 56.4 Å². The van der Waals surface area contributed by atoms with Gasteiger partial charge < -0.3 is 14.5 Å². The molecule has 0 amide bonds. The van der Waals surface area contributed by atoms with Crippen molar-refractivity contribution < 1.29 is 36.4 Å². The summed E-state index contributed by atoms with van der Waals surface area (Å²) in [5, 5.41) is 6.07. The fourth-order valence-corrected chi connectivity index (χ4v) is 5.42. The lowest BCUT2D eigenvalue weighted by atomic mass is 9.99. The number of halogens is 2.